The van der Waals surface area contributed by atoms with Gasteiger partial charge in [0, 0.05) is 38.6 Å². The number of urea groups is 1. The third kappa shape index (κ3) is 3.43. The van der Waals surface area contributed by atoms with Crippen LogP contribution >= 0.6 is 0 Å². The van der Waals surface area contributed by atoms with Gasteiger partial charge in [0.15, 0.2) is 0 Å². The lowest BCUT2D eigenvalue weighted by molar-refractivity contribution is 0.188. The van der Waals surface area contributed by atoms with E-state index in [1.807, 2.05) is 11.0 Å². The average Bonchev–Trinajstić information content (AvgIpc) is 2.69. The molecular weight excluding hydrogens is 314 g/mol. The molecule has 130 valence electrons. The Bertz CT molecular complexity index is 728. The molecular formula is C19H23N5O. The van der Waals surface area contributed by atoms with E-state index < -0.39 is 0 Å². The van der Waals surface area contributed by atoms with Gasteiger partial charge in [0.1, 0.15) is 0 Å². The normalized spacial score (nSPS) is 20.1. The highest BCUT2D eigenvalue weighted by Crippen LogP contribution is 2.29. The van der Waals surface area contributed by atoms with Crippen molar-refractivity contribution in [2.24, 2.45) is 0 Å². The molecule has 2 heterocycles. The molecule has 1 atom stereocenters. The van der Waals surface area contributed by atoms with Crippen molar-refractivity contribution in [1.29, 1.82) is 0 Å². The molecule has 2 aromatic rings. The van der Waals surface area contributed by atoms with E-state index in [0.29, 0.717) is 13.1 Å². The molecule has 0 radical (unpaired) electrons. The highest BCUT2D eigenvalue weighted by Gasteiger charge is 2.26. The molecule has 1 aromatic heterocycles. The summed E-state index contributed by atoms with van der Waals surface area (Å²) >= 11 is 0. The number of hydrogen-bond acceptors (Lipinski definition) is 4. The van der Waals surface area contributed by atoms with Gasteiger partial charge in [-0.25, -0.2) is 14.8 Å². The molecule has 2 amide bonds. The SMILES string of the molecule is O=C(N[C@H]1CCCc2ccccc21)N1CCN(c2ncccn2)CC1. The molecule has 0 bridgehead atoms. The Kier molecular flexibility index (Phi) is 4.50. The summed E-state index contributed by atoms with van der Waals surface area (Å²) in [6, 6.07) is 10.4. The second-order valence-corrected chi connectivity index (χ2v) is 6.62. The lowest BCUT2D eigenvalue weighted by Crippen LogP contribution is -2.52. The van der Waals surface area contributed by atoms with Crippen LogP contribution in [-0.2, 0) is 6.42 Å². The zero-order valence-electron chi connectivity index (χ0n) is 14.3. The van der Waals surface area contributed by atoms with Crippen molar-refractivity contribution >= 4 is 12.0 Å². The highest BCUT2D eigenvalue weighted by atomic mass is 16.2. The zero-order valence-corrected chi connectivity index (χ0v) is 14.3. The van der Waals surface area contributed by atoms with Crippen molar-refractivity contribution in [2.45, 2.75) is 25.3 Å². The number of benzene rings is 1. The van der Waals surface area contributed by atoms with Gasteiger partial charge in [-0.05, 0) is 36.5 Å². The number of piperazine rings is 1. The van der Waals surface area contributed by atoms with Gasteiger partial charge < -0.3 is 15.1 Å². The van der Waals surface area contributed by atoms with Gasteiger partial charge in [-0.2, -0.15) is 0 Å². The lowest BCUT2D eigenvalue weighted by atomic mass is 9.88. The summed E-state index contributed by atoms with van der Waals surface area (Å²) in [5.41, 5.74) is 2.64. The van der Waals surface area contributed by atoms with Crippen LogP contribution in [0.15, 0.2) is 42.7 Å². The zero-order chi connectivity index (χ0) is 17.1. The van der Waals surface area contributed by atoms with Crippen LogP contribution in [0.2, 0.25) is 0 Å². The van der Waals surface area contributed by atoms with Crippen LogP contribution in [0.4, 0.5) is 10.7 Å². The van der Waals surface area contributed by atoms with Crippen molar-refractivity contribution in [3.05, 3.63) is 53.9 Å². The minimum absolute atomic E-state index is 0.0373. The van der Waals surface area contributed by atoms with Crippen LogP contribution in [0.3, 0.4) is 0 Å². The van der Waals surface area contributed by atoms with E-state index in [2.05, 4.69) is 44.5 Å². The van der Waals surface area contributed by atoms with Crippen molar-refractivity contribution in [3.63, 3.8) is 0 Å². The third-order valence-corrected chi connectivity index (χ3v) is 5.07. The lowest BCUT2D eigenvalue weighted by Gasteiger charge is -2.36. The Morgan fingerprint density at radius 1 is 1.04 bits per heavy atom. The number of anilines is 1. The molecule has 0 saturated carbocycles. The summed E-state index contributed by atoms with van der Waals surface area (Å²) < 4.78 is 0. The van der Waals surface area contributed by atoms with Crippen molar-refractivity contribution in [2.75, 3.05) is 31.1 Å². The van der Waals surface area contributed by atoms with Crippen LogP contribution in [0.1, 0.15) is 30.0 Å². The first kappa shape index (κ1) is 15.9. The first-order valence-electron chi connectivity index (χ1n) is 8.96. The highest BCUT2D eigenvalue weighted by molar-refractivity contribution is 5.75. The molecule has 0 unspecified atom stereocenters. The van der Waals surface area contributed by atoms with Gasteiger partial charge in [0.2, 0.25) is 5.95 Å². The number of hydrogen-bond donors (Lipinski definition) is 1. The summed E-state index contributed by atoms with van der Waals surface area (Å²) in [6.07, 6.45) is 6.75. The van der Waals surface area contributed by atoms with E-state index in [-0.39, 0.29) is 12.1 Å². The summed E-state index contributed by atoms with van der Waals surface area (Å²) in [4.78, 5) is 25.3. The second-order valence-electron chi connectivity index (χ2n) is 6.62. The molecule has 25 heavy (non-hydrogen) atoms. The van der Waals surface area contributed by atoms with E-state index in [4.69, 9.17) is 0 Å². The van der Waals surface area contributed by atoms with Crippen LogP contribution in [0, 0.1) is 0 Å². The van der Waals surface area contributed by atoms with E-state index >= 15 is 0 Å². The molecule has 1 aromatic carbocycles. The molecule has 1 N–H and O–H groups in total. The van der Waals surface area contributed by atoms with Crippen LogP contribution in [0.25, 0.3) is 0 Å². The number of fused-ring (bicyclic) bond motifs is 1. The van der Waals surface area contributed by atoms with Crippen molar-refractivity contribution < 1.29 is 4.79 Å². The van der Waals surface area contributed by atoms with E-state index in [0.717, 1.165) is 38.3 Å². The topological polar surface area (TPSA) is 61.4 Å². The Hall–Kier alpha value is -2.63. The maximum absolute atomic E-state index is 12.7. The van der Waals surface area contributed by atoms with E-state index in [9.17, 15) is 4.79 Å². The van der Waals surface area contributed by atoms with Gasteiger partial charge >= 0.3 is 6.03 Å². The molecule has 1 fully saturated rings. The maximum atomic E-state index is 12.7. The van der Waals surface area contributed by atoms with Gasteiger partial charge in [-0.3, -0.25) is 0 Å². The molecule has 6 heteroatoms. The van der Waals surface area contributed by atoms with Crippen LogP contribution in [0.5, 0.6) is 0 Å². The summed E-state index contributed by atoms with van der Waals surface area (Å²) in [5.74, 6) is 0.740. The van der Waals surface area contributed by atoms with E-state index in [1.54, 1.807) is 12.4 Å². The Morgan fingerprint density at radius 2 is 1.80 bits per heavy atom. The van der Waals surface area contributed by atoms with Crippen LogP contribution in [-0.4, -0.2) is 47.1 Å². The van der Waals surface area contributed by atoms with Crippen molar-refractivity contribution in [3.8, 4) is 0 Å². The number of aromatic nitrogens is 2. The van der Waals surface area contributed by atoms with Gasteiger partial charge in [0.05, 0.1) is 6.04 Å². The number of aryl methyl sites for hydroxylation is 1. The number of amides is 2. The minimum atomic E-state index is 0.0373. The molecule has 1 aliphatic heterocycles. The quantitative estimate of drug-likeness (QED) is 0.914. The monoisotopic (exact) mass is 337 g/mol. The molecule has 4 rings (SSSR count). The number of rotatable bonds is 2. The Balaban J connectivity index is 1.36. The predicted octanol–water partition coefficient (Wildman–Crippen LogP) is 2.39. The number of nitrogens with zero attached hydrogens (tertiary/aromatic N) is 4. The number of carbonyl (C=O) groups is 1. The fraction of sp³-hybridized carbons (Fsp3) is 0.421. The molecule has 1 aliphatic carbocycles. The second kappa shape index (κ2) is 7.09. The summed E-state index contributed by atoms with van der Waals surface area (Å²) in [5, 5.41) is 3.24. The Morgan fingerprint density at radius 3 is 2.60 bits per heavy atom. The summed E-state index contributed by atoms with van der Waals surface area (Å²) in [6.45, 7) is 2.91. The number of carbonyl (C=O) groups excluding carboxylic acids is 1. The molecule has 1 saturated heterocycles. The smallest absolute Gasteiger partial charge is 0.318 e. The predicted molar refractivity (Wildman–Crippen MR) is 96.5 cm³/mol. The minimum Gasteiger partial charge on any atom is -0.337 e. The summed E-state index contributed by atoms with van der Waals surface area (Å²) in [7, 11) is 0. The number of nitrogens with one attached hydrogen (secondary N) is 1. The molecule has 0 spiro atoms. The van der Waals surface area contributed by atoms with Gasteiger partial charge in [-0.15, -0.1) is 0 Å². The Labute approximate surface area is 147 Å². The fourth-order valence-corrected chi connectivity index (χ4v) is 3.71. The largest absolute Gasteiger partial charge is 0.337 e. The van der Waals surface area contributed by atoms with Gasteiger partial charge in [0.25, 0.3) is 0 Å². The first-order valence-corrected chi connectivity index (χ1v) is 8.96. The third-order valence-electron chi connectivity index (χ3n) is 5.07. The molecule has 6 nitrogen and oxygen atoms in total. The van der Waals surface area contributed by atoms with Crippen molar-refractivity contribution in [1.82, 2.24) is 20.2 Å². The van der Waals surface area contributed by atoms with Gasteiger partial charge in [-0.1, -0.05) is 24.3 Å². The van der Waals surface area contributed by atoms with E-state index in [1.165, 1.54) is 11.1 Å². The molecule has 2 aliphatic rings. The average molecular weight is 337 g/mol. The first-order chi connectivity index (χ1) is 12.3. The maximum Gasteiger partial charge on any atom is 0.318 e. The standard InChI is InChI=1S/C19H23N5O/c25-19(22-17-8-3-6-15-5-1-2-7-16(15)17)24-13-11-23(12-14-24)18-20-9-4-10-21-18/h1-2,4-5,7,9-10,17H,3,6,8,11-14H2,(H,22,25)/t17-/m0/s1. The fourth-order valence-electron chi connectivity index (χ4n) is 3.71. The van der Waals surface area contributed by atoms with Crippen LogP contribution < -0.4 is 10.2 Å².